The summed E-state index contributed by atoms with van der Waals surface area (Å²) in [6.07, 6.45) is 0. The van der Waals surface area contributed by atoms with Gasteiger partial charge in [0.1, 0.15) is 0 Å². The smallest absolute Gasteiger partial charge is 0.337 e. The summed E-state index contributed by atoms with van der Waals surface area (Å²) in [6.45, 7) is 8.09. The van der Waals surface area contributed by atoms with E-state index in [1.54, 1.807) is 19.1 Å². The molecule has 0 aliphatic heterocycles. The van der Waals surface area contributed by atoms with Gasteiger partial charge in [0.2, 0.25) is 0 Å². The first-order chi connectivity index (χ1) is 9.25. The van der Waals surface area contributed by atoms with Crippen molar-refractivity contribution in [2.45, 2.75) is 40.3 Å². The van der Waals surface area contributed by atoms with Gasteiger partial charge in [-0.05, 0) is 38.5 Å². The van der Waals surface area contributed by atoms with Crippen LogP contribution < -0.4 is 5.32 Å². The molecular formula is C15H22FNO3. The first-order valence-corrected chi connectivity index (χ1v) is 6.45. The summed E-state index contributed by atoms with van der Waals surface area (Å²) in [6, 6.07) is 4.70. The Morgan fingerprint density at radius 3 is 2.25 bits per heavy atom. The van der Waals surface area contributed by atoms with Gasteiger partial charge in [-0.2, -0.15) is 0 Å². The van der Waals surface area contributed by atoms with Crippen LogP contribution in [-0.2, 0) is 9.53 Å². The van der Waals surface area contributed by atoms with Gasteiger partial charge in [0.25, 0.3) is 5.91 Å². The van der Waals surface area contributed by atoms with Crippen LogP contribution in [-0.4, -0.2) is 24.7 Å². The highest BCUT2D eigenvalue weighted by Crippen LogP contribution is 2.20. The molecule has 0 spiro atoms. The van der Waals surface area contributed by atoms with Gasteiger partial charge in [0.15, 0.2) is 5.67 Å². The summed E-state index contributed by atoms with van der Waals surface area (Å²) in [4.78, 5) is 22.9. The van der Waals surface area contributed by atoms with E-state index in [1.807, 2.05) is 13.8 Å². The van der Waals surface area contributed by atoms with E-state index >= 15 is 0 Å². The van der Waals surface area contributed by atoms with Gasteiger partial charge >= 0.3 is 5.97 Å². The van der Waals surface area contributed by atoms with Crippen LogP contribution in [0.4, 0.5) is 10.1 Å². The number of anilines is 1. The molecule has 0 saturated carbocycles. The molecule has 0 aromatic heterocycles. The highest BCUT2D eigenvalue weighted by molar-refractivity contribution is 5.98. The molecule has 0 fully saturated rings. The highest BCUT2D eigenvalue weighted by Gasteiger charge is 2.27. The van der Waals surface area contributed by atoms with Crippen LogP contribution in [0.15, 0.2) is 18.2 Å². The number of methoxy groups -OCH3 is 1. The van der Waals surface area contributed by atoms with E-state index in [-0.39, 0.29) is 0 Å². The zero-order valence-corrected chi connectivity index (χ0v) is 12.8. The molecular weight excluding hydrogens is 261 g/mol. The number of aryl methyl sites for hydroxylation is 1. The molecule has 0 bridgehead atoms. The SMILES string of the molecule is CC.COC(=O)c1ccc(C)c(NC(=O)C(C)(C)F)c1. The Hall–Kier alpha value is -1.91. The van der Waals surface area contributed by atoms with Crippen LogP contribution in [0.2, 0.25) is 0 Å². The molecule has 1 aromatic rings. The molecule has 0 unspecified atom stereocenters. The second kappa shape index (κ2) is 7.62. The van der Waals surface area contributed by atoms with E-state index in [9.17, 15) is 14.0 Å². The fraction of sp³-hybridized carbons (Fsp3) is 0.467. The summed E-state index contributed by atoms with van der Waals surface area (Å²) in [5, 5.41) is 2.45. The van der Waals surface area contributed by atoms with Crippen LogP contribution in [0, 0.1) is 6.92 Å². The molecule has 0 atom stereocenters. The second-order valence-electron chi connectivity index (χ2n) is 4.45. The monoisotopic (exact) mass is 283 g/mol. The van der Waals surface area contributed by atoms with Gasteiger partial charge in [-0.3, -0.25) is 4.79 Å². The highest BCUT2D eigenvalue weighted by atomic mass is 19.1. The van der Waals surface area contributed by atoms with Crippen molar-refractivity contribution in [3.05, 3.63) is 29.3 Å². The normalized spacial score (nSPS) is 10.2. The first-order valence-electron chi connectivity index (χ1n) is 6.45. The molecule has 112 valence electrons. The average molecular weight is 283 g/mol. The number of nitrogens with one attached hydrogen (secondary N) is 1. The Kier molecular flexibility index (Phi) is 6.90. The molecule has 20 heavy (non-hydrogen) atoms. The molecule has 0 heterocycles. The Morgan fingerprint density at radius 2 is 1.80 bits per heavy atom. The van der Waals surface area contributed by atoms with Crippen molar-refractivity contribution < 1.29 is 18.7 Å². The Labute approximate surface area is 119 Å². The van der Waals surface area contributed by atoms with Gasteiger partial charge in [-0.1, -0.05) is 19.9 Å². The van der Waals surface area contributed by atoms with Crippen molar-refractivity contribution in [1.29, 1.82) is 0 Å². The second-order valence-corrected chi connectivity index (χ2v) is 4.45. The van der Waals surface area contributed by atoms with Crippen molar-refractivity contribution in [2.24, 2.45) is 0 Å². The number of carbonyl (C=O) groups is 2. The lowest BCUT2D eigenvalue weighted by molar-refractivity contribution is -0.125. The lowest BCUT2D eigenvalue weighted by Gasteiger charge is -2.16. The zero-order valence-electron chi connectivity index (χ0n) is 12.8. The molecule has 1 N–H and O–H groups in total. The third kappa shape index (κ3) is 4.99. The minimum atomic E-state index is -1.98. The fourth-order valence-corrected chi connectivity index (χ4v) is 1.27. The van der Waals surface area contributed by atoms with Gasteiger partial charge in [-0.25, -0.2) is 9.18 Å². The van der Waals surface area contributed by atoms with Crippen LogP contribution in [0.5, 0.6) is 0 Å². The van der Waals surface area contributed by atoms with Gasteiger partial charge in [0, 0.05) is 5.69 Å². The van der Waals surface area contributed by atoms with E-state index in [4.69, 9.17) is 0 Å². The summed E-state index contributed by atoms with van der Waals surface area (Å²) in [5.41, 5.74) is -0.544. The Bertz CT molecular complexity index is 478. The lowest BCUT2D eigenvalue weighted by atomic mass is 10.1. The first kappa shape index (κ1) is 18.1. The van der Waals surface area contributed by atoms with Crippen molar-refractivity contribution in [3.8, 4) is 0 Å². The van der Waals surface area contributed by atoms with E-state index in [0.717, 1.165) is 5.56 Å². The van der Waals surface area contributed by atoms with Crippen LogP contribution >= 0.6 is 0 Å². The lowest BCUT2D eigenvalue weighted by Crippen LogP contribution is -2.32. The van der Waals surface area contributed by atoms with Crippen molar-refractivity contribution in [3.63, 3.8) is 0 Å². The standard InChI is InChI=1S/C13H16FNO3.C2H6/c1-8-5-6-9(11(16)18-4)7-10(8)15-12(17)13(2,3)14;1-2/h5-7H,1-4H3,(H,15,17);1-2H3. The maximum absolute atomic E-state index is 13.4. The molecule has 1 aromatic carbocycles. The van der Waals surface area contributed by atoms with Gasteiger partial charge in [-0.15, -0.1) is 0 Å². The topological polar surface area (TPSA) is 55.4 Å². The van der Waals surface area contributed by atoms with E-state index in [2.05, 4.69) is 10.1 Å². The van der Waals surface area contributed by atoms with Crippen LogP contribution in [0.1, 0.15) is 43.6 Å². The summed E-state index contributed by atoms with van der Waals surface area (Å²) in [7, 11) is 1.27. The quantitative estimate of drug-likeness (QED) is 0.864. The third-order valence-electron chi connectivity index (χ3n) is 2.45. The maximum Gasteiger partial charge on any atom is 0.337 e. The van der Waals surface area contributed by atoms with E-state index in [0.29, 0.717) is 11.3 Å². The molecule has 0 radical (unpaired) electrons. The Morgan fingerprint density at radius 1 is 1.25 bits per heavy atom. The molecule has 0 aliphatic carbocycles. The minimum Gasteiger partial charge on any atom is -0.465 e. The number of rotatable bonds is 3. The number of benzene rings is 1. The van der Waals surface area contributed by atoms with Gasteiger partial charge in [0.05, 0.1) is 12.7 Å². The summed E-state index contributed by atoms with van der Waals surface area (Å²) >= 11 is 0. The Balaban J connectivity index is 0.00000172. The van der Waals surface area contributed by atoms with Crippen molar-refractivity contribution >= 4 is 17.6 Å². The number of alkyl halides is 1. The maximum atomic E-state index is 13.4. The molecule has 1 rings (SSSR count). The number of hydrogen-bond donors (Lipinski definition) is 1. The number of carbonyl (C=O) groups excluding carboxylic acids is 2. The van der Waals surface area contributed by atoms with Crippen molar-refractivity contribution in [1.82, 2.24) is 0 Å². The number of halogens is 1. The summed E-state index contributed by atoms with van der Waals surface area (Å²) in [5.74, 6) is -1.27. The fourth-order valence-electron chi connectivity index (χ4n) is 1.27. The molecule has 0 aliphatic rings. The van der Waals surface area contributed by atoms with Crippen molar-refractivity contribution in [2.75, 3.05) is 12.4 Å². The molecule has 4 nitrogen and oxygen atoms in total. The predicted octanol–water partition coefficient (Wildman–Crippen LogP) is 3.49. The third-order valence-corrected chi connectivity index (χ3v) is 2.45. The number of esters is 1. The minimum absolute atomic E-state index is 0.301. The average Bonchev–Trinajstić information content (AvgIpc) is 2.41. The predicted molar refractivity (Wildman–Crippen MR) is 77.7 cm³/mol. The number of amides is 1. The zero-order chi connectivity index (χ0) is 15.9. The summed E-state index contributed by atoms with van der Waals surface area (Å²) < 4.78 is 18.0. The number of ether oxygens (including phenoxy) is 1. The van der Waals surface area contributed by atoms with Crippen LogP contribution in [0.3, 0.4) is 0 Å². The van der Waals surface area contributed by atoms with E-state index < -0.39 is 17.5 Å². The van der Waals surface area contributed by atoms with Gasteiger partial charge < -0.3 is 10.1 Å². The molecule has 5 heteroatoms. The van der Waals surface area contributed by atoms with Crippen LogP contribution in [0.25, 0.3) is 0 Å². The largest absolute Gasteiger partial charge is 0.465 e. The molecule has 1 amide bonds. The van der Waals surface area contributed by atoms with E-state index in [1.165, 1.54) is 27.0 Å². The molecule has 0 saturated heterocycles. The number of hydrogen-bond acceptors (Lipinski definition) is 3.